The number of amidine groups is 1. The van der Waals surface area contributed by atoms with Gasteiger partial charge in [-0.1, -0.05) is 55.9 Å². The maximum absolute atomic E-state index is 12.8. The maximum atomic E-state index is 12.8. The van der Waals surface area contributed by atoms with Crippen LogP contribution in [-0.2, 0) is 20.9 Å². The number of nitrogens with zero attached hydrogens (tertiary/aromatic N) is 3. The summed E-state index contributed by atoms with van der Waals surface area (Å²) in [5.74, 6) is -0.150. The largest absolute Gasteiger partial charge is 0.466 e. The quantitative estimate of drug-likeness (QED) is 0.585. The molecule has 3 heterocycles. The van der Waals surface area contributed by atoms with E-state index >= 15 is 0 Å². The number of thioether (sulfide) groups is 1. The number of pyridine rings is 1. The number of methoxy groups -OCH3 is 1. The Hall–Kier alpha value is -3.39. The number of hydrogen-bond donors (Lipinski definition) is 1. The van der Waals surface area contributed by atoms with Crippen LogP contribution in [0, 0.1) is 0 Å². The van der Waals surface area contributed by atoms with E-state index in [1.54, 1.807) is 6.20 Å². The zero-order valence-corrected chi connectivity index (χ0v) is 20.6. The molecule has 0 unspecified atom stereocenters. The molecule has 1 amide bonds. The van der Waals surface area contributed by atoms with Crippen molar-refractivity contribution in [1.29, 1.82) is 0 Å². The maximum Gasteiger partial charge on any atom is 0.338 e. The number of ether oxygens (including phenoxy) is 1. The van der Waals surface area contributed by atoms with Crippen molar-refractivity contribution in [2.75, 3.05) is 7.11 Å². The molecule has 1 aromatic carbocycles. The predicted octanol–water partition coefficient (Wildman–Crippen LogP) is 4.66. The zero-order valence-electron chi connectivity index (χ0n) is 19.7. The number of carbonyl (C=O) groups is 2. The van der Waals surface area contributed by atoms with Crippen LogP contribution in [0.15, 0.2) is 76.0 Å². The number of benzene rings is 1. The minimum Gasteiger partial charge on any atom is -0.466 e. The molecule has 0 aliphatic carbocycles. The van der Waals surface area contributed by atoms with E-state index in [1.165, 1.54) is 24.4 Å². The van der Waals surface area contributed by atoms with Gasteiger partial charge in [-0.15, -0.1) is 0 Å². The summed E-state index contributed by atoms with van der Waals surface area (Å²) in [4.78, 5) is 36.5. The average molecular weight is 477 g/mol. The van der Waals surface area contributed by atoms with Crippen molar-refractivity contribution in [2.45, 2.75) is 45.7 Å². The van der Waals surface area contributed by atoms with Crippen LogP contribution in [0.25, 0.3) is 0 Å². The lowest BCUT2D eigenvalue weighted by Crippen LogP contribution is -2.37. The van der Waals surface area contributed by atoms with E-state index in [1.807, 2.05) is 47.6 Å². The van der Waals surface area contributed by atoms with Gasteiger partial charge in [-0.3, -0.25) is 9.78 Å². The van der Waals surface area contributed by atoms with Crippen LogP contribution in [0.3, 0.4) is 0 Å². The van der Waals surface area contributed by atoms with E-state index in [-0.39, 0.29) is 12.3 Å². The fourth-order valence-electron chi connectivity index (χ4n) is 4.04. The summed E-state index contributed by atoms with van der Waals surface area (Å²) in [6.45, 7) is 6.47. The molecule has 176 valence electrons. The zero-order chi connectivity index (χ0) is 24.2. The Balaban J connectivity index is 1.61. The van der Waals surface area contributed by atoms with Gasteiger partial charge in [0.15, 0.2) is 5.17 Å². The van der Waals surface area contributed by atoms with Crippen molar-refractivity contribution in [2.24, 2.45) is 4.99 Å². The number of esters is 1. The molecule has 1 atom stereocenters. The third-order valence-corrected chi connectivity index (χ3v) is 6.75. The van der Waals surface area contributed by atoms with E-state index in [9.17, 15) is 9.59 Å². The number of hydrogen-bond acceptors (Lipinski definition) is 7. The summed E-state index contributed by atoms with van der Waals surface area (Å²) in [5.41, 5.74) is 4.84. The first kappa shape index (κ1) is 23.8. The normalized spacial score (nSPS) is 17.3. The van der Waals surface area contributed by atoms with Gasteiger partial charge in [0.25, 0.3) is 0 Å². The van der Waals surface area contributed by atoms with Crippen molar-refractivity contribution in [1.82, 2.24) is 15.2 Å². The van der Waals surface area contributed by atoms with Crippen molar-refractivity contribution in [3.05, 3.63) is 87.9 Å². The van der Waals surface area contributed by atoms with Crippen molar-refractivity contribution >= 4 is 28.8 Å². The first-order chi connectivity index (χ1) is 16.4. The molecule has 0 saturated heterocycles. The number of aromatic nitrogens is 1. The highest BCUT2D eigenvalue weighted by atomic mass is 32.2. The molecule has 7 nitrogen and oxygen atoms in total. The number of amides is 1. The fraction of sp³-hybridized carbons (Fsp3) is 0.308. The molecule has 0 spiro atoms. The molecule has 2 aromatic rings. The Morgan fingerprint density at radius 2 is 1.94 bits per heavy atom. The molecule has 2 aliphatic rings. The number of aliphatic imine (C=N–C) groups is 1. The van der Waals surface area contributed by atoms with Crippen molar-refractivity contribution in [3.63, 3.8) is 0 Å². The number of nitrogens with one attached hydrogen (secondary N) is 1. The van der Waals surface area contributed by atoms with Gasteiger partial charge in [-0.2, -0.15) is 0 Å². The lowest BCUT2D eigenvalue weighted by Gasteiger charge is -2.36. The molecule has 0 radical (unpaired) electrons. The van der Waals surface area contributed by atoms with Gasteiger partial charge >= 0.3 is 5.97 Å². The molecule has 8 heteroatoms. The van der Waals surface area contributed by atoms with Gasteiger partial charge in [-0.05, 0) is 41.5 Å². The van der Waals surface area contributed by atoms with E-state index < -0.39 is 12.0 Å². The highest BCUT2D eigenvalue weighted by Crippen LogP contribution is 2.44. The fourth-order valence-corrected chi connectivity index (χ4v) is 5.00. The first-order valence-electron chi connectivity index (χ1n) is 11.2. The topological polar surface area (TPSA) is 83.9 Å². The highest BCUT2D eigenvalue weighted by Gasteiger charge is 2.40. The second kappa shape index (κ2) is 10.3. The van der Waals surface area contributed by atoms with E-state index in [0.29, 0.717) is 23.7 Å². The second-order valence-corrected chi connectivity index (χ2v) is 9.32. The first-order valence-corrected chi connectivity index (χ1v) is 12.1. The Kier molecular flexibility index (Phi) is 7.17. The molecule has 1 aromatic heterocycles. The van der Waals surface area contributed by atoms with Crippen LogP contribution < -0.4 is 5.32 Å². The summed E-state index contributed by atoms with van der Waals surface area (Å²) >= 11 is 1.46. The number of allylic oxidation sites excluding steroid dienone is 1. The molecule has 0 bridgehead atoms. The smallest absolute Gasteiger partial charge is 0.338 e. The van der Waals surface area contributed by atoms with Crippen LogP contribution in [0.2, 0.25) is 0 Å². The molecule has 4 rings (SSSR count). The van der Waals surface area contributed by atoms with E-state index in [4.69, 9.17) is 4.74 Å². The number of carbonyl (C=O) groups excluding carboxylic acids is 2. The standard InChI is InChI=1S/C26H28N4O3S/c1-16(2)18-8-10-19(11-9-18)24-23(25(32)33-4)17(3)29-26-30(24)21(15-34-26)13-22(31)28-14-20-7-5-6-12-27-20/h5-12,15-16,24H,13-14H2,1-4H3,(H,28,31)/t24-/m0/s1. The van der Waals surface area contributed by atoms with Gasteiger partial charge in [0.1, 0.15) is 0 Å². The van der Waals surface area contributed by atoms with Gasteiger partial charge < -0.3 is 15.0 Å². The second-order valence-electron chi connectivity index (χ2n) is 8.48. The number of fused-ring (bicyclic) bond motifs is 1. The third kappa shape index (κ3) is 4.92. The Labute approximate surface area is 204 Å². The Morgan fingerprint density at radius 1 is 1.18 bits per heavy atom. The van der Waals surface area contributed by atoms with Gasteiger partial charge in [0.2, 0.25) is 5.91 Å². The monoisotopic (exact) mass is 476 g/mol. The van der Waals surface area contributed by atoms with Gasteiger partial charge in [0, 0.05) is 11.9 Å². The van der Waals surface area contributed by atoms with Crippen LogP contribution in [0.1, 0.15) is 56.0 Å². The SMILES string of the molecule is COC(=O)C1=C(C)N=C2SC=C(CC(=O)NCc3ccccn3)N2[C@H]1c1ccc(C(C)C)cc1. The summed E-state index contributed by atoms with van der Waals surface area (Å²) < 4.78 is 5.12. The van der Waals surface area contributed by atoms with Gasteiger partial charge in [-0.25, -0.2) is 9.79 Å². The molecular formula is C26H28N4O3S. The molecule has 2 aliphatic heterocycles. The van der Waals surface area contributed by atoms with E-state index in [2.05, 4.69) is 41.3 Å². The minimum atomic E-state index is -0.425. The molecule has 34 heavy (non-hydrogen) atoms. The van der Waals surface area contributed by atoms with Crippen LogP contribution in [0.5, 0.6) is 0 Å². The lowest BCUT2D eigenvalue weighted by atomic mass is 9.92. The van der Waals surface area contributed by atoms with Crippen LogP contribution in [0.4, 0.5) is 0 Å². The average Bonchev–Trinajstić information content (AvgIpc) is 3.23. The van der Waals surface area contributed by atoms with Crippen LogP contribution in [-0.4, -0.2) is 34.0 Å². The predicted molar refractivity (Wildman–Crippen MR) is 134 cm³/mol. The van der Waals surface area contributed by atoms with Crippen LogP contribution >= 0.6 is 11.8 Å². The summed E-state index contributed by atoms with van der Waals surface area (Å²) in [5, 5.41) is 5.61. The Morgan fingerprint density at radius 3 is 2.59 bits per heavy atom. The lowest BCUT2D eigenvalue weighted by molar-refractivity contribution is -0.136. The molecular weight excluding hydrogens is 448 g/mol. The van der Waals surface area contributed by atoms with Gasteiger partial charge in [0.05, 0.1) is 43.1 Å². The molecule has 0 saturated carbocycles. The third-order valence-electron chi connectivity index (χ3n) is 5.86. The summed E-state index contributed by atoms with van der Waals surface area (Å²) in [6, 6.07) is 13.4. The molecule has 1 N–H and O–H groups in total. The molecule has 0 fully saturated rings. The Bertz CT molecular complexity index is 1170. The number of rotatable bonds is 7. The summed E-state index contributed by atoms with van der Waals surface area (Å²) in [6.07, 6.45) is 1.86. The van der Waals surface area contributed by atoms with Crippen molar-refractivity contribution in [3.8, 4) is 0 Å². The van der Waals surface area contributed by atoms with E-state index in [0.717, 1.165) is 22.1 Å². The summed E-state index contributed by atoms with van der Waals surface area (Å²) in [7, 11) is 1.38. The minimum absolute atomic E-state index is 0.126. The highest BCUT2D eigenvalue weighted by molar-refractivity contribution is 8.16. The van der Waals surface area contributed by atoms with Crippen molar-refractivity contribution < 1.29 is 14.3 Å².